The van der Waals surface area contributed by atoms with E-state index in [0.29, 0.717) is 130 Å². The van der Waals surface area contributed by atoms with E-state index in [2.05, 4.69) is 0 Å². The van der Waals surface area contributed by atoms with Crippen LogP contribution >= 0.6 is 0 Å². The second kappa shape index (κ2) is 38.1. The first-order valence-corrected chi connectivity index (χ1v) is 32.3. The number of ether oxygens (including phenoxy) is 3. The van der Waals surface area contributed by atoms with Gasteiger partial charge in [0.1, 0.15) is 17.2 Å². The monoisotopic (exact) mass is 1260 g/mol. The summed E-state index contributed by atoms with van der Waals surface area (Å²) in [5.41, 5.74) is 1.53. The molecule has 0 atom stereocenters. The van der Waals surface area contributed by atoms with E-state index in [4.69, 9.17) is 14.2 Å². The first-order chi connectivity index (χ1) is 45.1. The largest absolute Gasteiger partial charge is 0.427 e. The quantitative estimate of drug-likeness (QED) is 0.0113. The van der Waals surface area contributed by atoms with Crippen molar-refractivity contribution in [1.29, 1.82) is 0 Å². The molecule has 0 spiro atoms. The van der Waals surface area contributed by atoms with E-state index in [1.54, 1.807) is 164 Å². The number of Topliss-reactive ketones (excluding diaryl/α,β-unsaturated/α-hetero) is 6. The van der Waals surface area contributed by atoms with E-state index in [9.17, 15) is 57.5 Å². The van der Waals surface area contributed by atoms with Crippen molar-refractivity contribution in [3.05, 3.63) is 229 Å². The Balaban J connectivity index is 0.823. The third kappa shape index (κ3) is 23.7. The lowest BCUT2D eigenvalue weighted by atomic mass is 10.0. The highest BCUT2D eigenvalue weighted by atomic mass is 16.5. The van der Waals surface area contributed by atoms with Gasteiger partial charge in [0, 0.05) is 74.8 Å². The average molecular weight is 1260 g/mol. The normalized spacial score (nSPS) is 11.0. The molecule has 0 saturated carbocycles. The predicted octanol–water partition coefficient (Wildman–Crippen LogP) is 12.2. The maximum Gasteiger partial charge on any atom is 0.336 e. The molecule has 93 heavy (non-hydrogen) atoms. The number of carbonyl (C=O) groups is 9. The second-order valence-electron chi connectivity index (χ2n) is 23.1. The van der Waals surface area contributed by atoms with Gasteiger partial charge in [-0.3, -0.25) is 43.2 Å². The van der Waals surface area contributed by atoms with Gasteiger partial charge in [0.15, 0.2) is 0 Å². The Bertz CT molecular complexity index is 3390. The minimum Gasteiger partial charge on any atom is -0.427 e. The van der Waals surface area contributed by atoms with Crippen LogP contribution in [0.15, 0.2) is 178 Å². The van der Waals surface area contributed by atoms with Crippen molar-refractivity contribution < 1.29 is 57.4 Å². The Kier molecular flexibility index (Phi) is 28.9. The molecule has 6 aromatic carbocycles. The number of rotatable bonds is 42. The van der Waals surface area contributed by atoms with Gasteiger partial charge >= 0.3 is 35.0 Å². The number of hydrogen-bond donors (Lipinski definition) is 0. The maximum absolute atomic E-state index is 13.9. The molecule has 0 unspecified atom stereocenters. The molecule has 18 nitrogen and oxygen atoms in total. The van der Waals surface area contributed by atoms with Gasteiger partial charge in [-0.05, 0) is 111 Å². The van der Waals surface area contributed by atoms with Crippen LogP contribution in [0, 0.1) is 0 Å². The van der Waals surface area contributed by atoms with Gasteiger partial charge in [-0.1, -0.05) is 185 Å². The topological polar surface area (TPSA) is 247 Å². The zero-order valence-corrected chi connectivity index (χ0v) is 52.6. The van der Waals surface area contributed by atoms with E-state index in [-0.39, 0.29) is 58.2 Å². The Morgan fingerprint density at radius 3 is 0.731 bits per heavy atom. The van der Waals surface area contributed by atoms with Gasteiger partial charge in [0.05, 0.1) is 0 Å². The van der Waals surface area contributed by atoms with Crippen LogP contribution in [0.4, 0.5) is 0 Å². The molecule has 486 valence electrons. The van der Waals surface area contributed by atoms with Crippen molar-refractivity contribution in [2.24, 2.45) is 0 Å². The van der Waals surface area contributed by atoms with Crippen LogP contribution in [0.1, 0.15) is 183 Å². The number of carbonyl (C=O) groups excluding carboxylic acids is 9. The summed E-state index contributed by atoms with van der Waals surface area (Å²) in [5.74, 6) is -3.08. The molecule has 0 aliphatic rings. The van der Waals surface area contributed by atoms with Crippen LogP contribution in [-0.4, -0.2) is 66.3 Å². The van der Waals surface area contributed by atoms with E-state index in [1.165, 1.54) is 0 Å². The van der Waals surface area contributed by atoms with Crippen molar-refractivity contribution in [3.8, 4) is 17.2 Å². The number of aryl methyl sites for hydroxylation is 3. The Hall–Kier alpha value is -9.84. The van der Waals surface area contributed by atoms with Gasteiger partial charge in [-0.25, -0.2) is 28.1 Å². The summed E-state index contributed by atoms with van der Waals surface area (Å²) in [6.07, 6.45) is 11.2. The van der Waals surface area contributed by atoms with E-state index in [0.717, 1.165) is 49.7 Å². The Morgan fingerprint density at radius 1 is 0.258 bits per heavy atom. The fourth-order valence-corrected chi connectivity index (χ4v) is 10.6. The number of esters is 3. The van der Waals surface area contributed by atoms with Crippen LogP contribution in [-0.2, 0) is 67.7 Å². The van der Waals surface area contributed by atoms with E-state index >= 15 is 0 Å². The first-order valence-electron chi connectivity index (χ1n) is 32.3. The minimum atomic E-state index is -0.669. The summed E-state index contributed by atoms with van der Waals surface area (Å²) < 4.78 is 20.0. The first kappa shape index (κ1) is 70.6. The Morgan fingerprint density at radius 2 is 0.484 bits per heavy atom. The number of unbranched alkanes of at least 4 members (excludes halogenated alkanes) is 12. The third-order valence-corrected chi connectivity index (χ3v) is 15.9. The smallest absolute Gasteiger partial charge is 0.336 e. The summed E-state index contributed by atoms with van der Waals surface area (Å²) in [6.45, 7) is 0.306. The molecule has 7 aromatic rings. The van der Waals surface area contributed by atoms with Gasteiger partial charge in [-0.15, -0.1) is 0 Å². The van der Waals surface area contributed by atoms with E-state index < -0.39 is 69.7 Å². The molecule has 0 aliphatic carbocycles. The molecule has 0 bridgehead atoms. The summed E-state index contributed by atoms with van der Waals surface area (Å²) in [5, 5.41) is 0. The molecule has 0 radical (unpaired) electrons. The number of hydrogen-bond acceptors (Lipinski definition) is 15. The molecule has 1 aromatic heterocycles. The molecule has 0 N–H and O–H groups in total. The van der Waals surface area contributed by atoms with Crippen LogP contribution in [0.2, 0.25) is 0 Å². The maximum atomic E-state index is 13.9. The predicted molar refractivity (Wildman–Crippen MR) is 351 cm³/mol. The highest BCUT2D eigenvalue weighted by molar-refractivity contribution is 6.44. The van der Waals surface area contributed by atoms with Crippen molar-refractivity contribution in [2.45, 2.75) is 174 Å². The average Bonchev–Trinajstić information content (AvgIpc) is 0.946. The molecular formula is C75H81N3O15. The molecule has 0 aliphatic heterocycles. The van der Waals surface area contributed by atoms with E-state index in [1.807, 2.05) is 0 Å². The van der Waals surface area contributed by atoms with Crippen LogP contribution in [0.5, 0.6) is 17.2 Å². The van der Waals surface area contributed by atoms with Gasteiger partial charge in [-0.2, -0.15) is 0 Å². The number of benzene rings is 6. The standard InChI is InChI=1S/C75H81N3O15/c79-64(70(85)58-25-13-10-14-26-58)49-40-55-34-43-61(44-35-55)91-67(82)31-19-4-1-7-22-52-76-73(88)77(53-23-8-2-5-20-32-68(83)92-62-45-36-56(37-46-62)41-50-65(80)71(86)59-27-15-11-16-28-59)75(90)78(74(76)89)54-24-9-3-6-21-33-69(84)93-63-47-38-57(39-48-63)42-51-66(81)72(87)60-29-17-12-18-30-60/h10-18,25-30,34-39,43-48H,1-9,19-24,31-33,40-42,49-54H2. The highest BCUT2D eigenvalue weighted by Crippen LogP contribution is 2.20. The number of aromatic nitrogens is 3. The zero-order valence-electron chi connectivity index (χ0n) is 52.6. The van der Waals surface area contributed by atoms with Gasteiger partial charge < -0.3 is 14.2 Å². The molecule has 0 saturated heterocycles. The third-order valence-electron chi connectivity index (χ3n) is 15.9. The molecule has 0 amide bonds. The molecular weight excluding hydrogens is 1180 g/mol. The number of ketones is 6. The number of nitrogens with zero attached hydrogens (tertiary/aromatic N) is 3. The summed E-state index contributed by atoms with van der Waals surface area (Å²) in [7, 11) is 0. The van der Waals surface area contributed by atoms with Crippen molar-refractivity contribution in [1.82, 2.24) is 13.7 Å². The molecule has 1 heterocycles. The molecule has 18 heteroatoms. The minimum absolute atomic E-state index is 0.0570. The lowest BCUT2D eigenvalue weighted by Gasteiger charge is -2.14. The van der Waals surface area contributed by atoms with Crippen molar-refractivity contribution in [2.75, 3.05) is 0 Å². The van der Waals surface area contributed by atoms with Crippen molar-refractivity contribution >= 4 is 52.6 Å². The van der Waals surface area contributed by atoms with Gasteiger partial charge in [0.25, 0.3) is 0 Å². The van der Waals surface area contributed by atoms with Crippen LogP contribution in [0.3, 0.4) is 0 Å². The Labute approximate surface area is 540 Å². The molecule has 0 fully saturated rings. The van der Waals surface area contributed by atoms with Gasteiger partial charge in [0.2, 0.25) is 34.7 Å². The lowest BCUT2D eigenvalue weighted by molar-refractivity contribution is -0.135. The zero-order chi connectivity index (χ0) is 66.2. The SMILES string of the molecule is O=C(CCCCCCCn1c(=O)n(CCCCCCCC(=O)Oc2ccc(CCC(=O)C(=O)c3ccccc3)cc2)c(=O)n(CCCCCCCC(=O)Oc2ccc(CCC(=O)C(=O)c3ccccc3)cc2)c1=O)Oc1ccc(CCC(=O)C(=O)c2ccccc2)cc1. The summed E-state index contributed by atoms with van der Waals surface area (Å²) in [4.78, 5) is 154. The lowest BCUT2D eigenvalue weighted by Crippen LogP contribution is -2.54. The fraction of sp³-hybridized carbons (Fsp3) is 0.360. The fourth-order valence-electron chi connectivity index (χ4n) is 10.6. The highest BCUT2D eigenvalue weighted by Gasteiger charge is 2.20. The van der Waals surface area contributed by atoms with Crippen LogP contribution in [0.25, 0.3) is 0 Å². The van der Waals surface area contributed by atoms with Crippen molar-refractivity contribution in [3.63, 3.8) is 0 Å². The summed E-state index contributed by atoms with van der Waals surface area (Å²) >= 11 is 0. The molecule has 7 rings (SSSR count). The second-order valence-corrected chi connectivity index (χ2v) is 23.1. The van der Waals surface area contributed by atoms with Crippen LogP contribution < -0.4 is 31.3 Å². The summed E-state index contributed by atoms with van der Waals surface area (Å²) in [6, 6.07) is 45.7.